The summed E-state index contributed by atoms with van der Waals surface area (Å²) >= 11 is 0. The van der Waals surface area contributed by atoms with Crippen LogP contribution in [0.15, 0.2) is 18.3 Å². The summed E-state index contributed by atoms with van der Waals surface area (Å²) in [5.74, 6) is 0.325. The molecule has 0 aromatic carbocycles. The lowest BCUT2D eigenvalue weighted by Crippen LogP contribution is -2.19. The Hall–Kier alpha value is -0.680. The summed E-state index contributed by atoms with van der Waals surface area (Å²) in [7, 11) is -17.1. The molecule has 26 heavy (non-hydrogen) atoms. The minimum absolute atomic E-state index is 0.325. The number of aromatic nitrogens is 1. The molecule has 2 rings (SSSR count). The first kappa shape index (κ1) is 21.6. The summed E-state index contributed by atoms with van der Waals surface area (Å²) in [6.07, 6.45) is 1.35. The third-order valence-electron chi connectivity index (χ3n) is 3.11. The first-order valence-electron chi connectivity index (χ1n) is 6.95. The molecule has 1 saturated heterocycles. The van der Waals surface area contributed by atoms with Gasteiger partial charge in [-0.1, -0.05) is 6.07 Å². The fourth-order valence-corrected chi connectivity index (χ4v) is 5.06. The summed E-state index contributed by atoms with van der Waals surface area (Å²) in [6.45, 7) is -0.576. The fraction of sp³-hybridized carbons (Fsp3) is 0.500. The molecule has 0 bridgehead atoms. The average molecular weight is 431 g/mol. The van der Waals surface area contributed by atoms with E-state index in [2.05, 4.69) is 18.1 Å². The van der Waals surface area contributed by atoms with Crippen molar-refractivity contribution < 1.29 is 51.2 Å². The van der Waals surface area contributed by atoms with Crippen LogP contribution in [0, 0.1) is 0 Å². The molecule has 1 aromatic rings. The number of nitrogens with two attached hydrogens (primary N) is 1. The number of anilines is 1. The zero-order valence-electron chi connectivity index (χ0n) is 12.9. The van der Waals surface area contributed by atoms with Crippen LogP contribution in [0.1, 0.15) is 24.5 Å². The second-order valence-corrected chi connectivity index (χ2v) is 9.45. The molecule has 0 radical (unpaired) electrons. The normalized spacial score (nSPS) is 27.4. The first-order chi connectivity index (χ1) is 11.9. The van der Waals surface area contributed by atoms with Crippen molar-refractivity contribution in [3.63, 3.8) is 0 Å². The van der Waals surface area contributed by atoms with Crippen LogP contribution >= 0.6 is 23.5 Å². The van der Waals surface area contributed by atoms with E-state index in [9.17, 15) is 28.4 Å². The molecule has 1 fully saturated rings. The van der Waals surface area contributed by atoms with Crippen molar-refractivity contribution in [3.8, 4) is 0 Å². The number of phosphoric ester groups is 1. The molecule has 0 saturated carbocycles. The third-order valence-corrected chi connectivity index (χ3v) is 6.80. The van der Waals surface area contributed by atoms with Gasteiger partial charge in [0, 0.05) is 6.20 Å². The second-order valence-electron chi connectivity index (χ2n) is 5.16. The van der Waals surface area contributed by atoms with Crippen LogP contribution in [0.2, 0.25) is 0 Å². The Morgan fingerprint density at radius 1 is 1.19 bits per heavy atom. The first-order valence-corrected chi connectivity index (χ1v) is 11.4. The highest BCUT2D eigenvalue weighted by atomic mass is 31.3. The van der Waals surface area contributed by atoms with Crippen molar-refractivity contribution in [2.75, 3.05) is 12.3 Å². The van der Waals surface area contributed by atoms with E-state index >= 15 is 0 Å². The van der Waals surface area contributed by atoms with Gasteiger partial charge >= 0.3 is 0 Å². The molecule has 2 heterocycles. The lowest BCUT2D eigenvalue weighted by molar-refractivity contribution is -0.250. The maximum Gasteiger partial charge on any atom is 0.280 e. The van der Waals surface area contributed by atoms with Crippen LogP contribution in [0.4, 0.5) is 5.82 Å². The molecule has 0 amide bonds. The Morgan fingerprint density at radius 3 is 2.46 bits per heavy atom. The molecule has 13 nitrogen and oxygen atoms in total. The number of nitrogens with zero attached hydrogens (tertiary/aromatic N) is 1. The summed E-state index contributed by atoms with van der Waals surface area (Å²) in [6, 6.07) is 3.27. The van der Waals surface area contributed by atoms with Crippen molar-refractivity contribution in [1.29, 1.82) is 0 Å². The van der Waals surface area contributed by atoms with Gasteiger partial charge in [0.05, 0.1) is 18.8 Å². The van der Waals surface area contributed by atoms with E-state index < -0.39 is 36.2 Å². The fourth-order valence-electron chi connectivity index (χ4n) is 2.14. The van der Waals surface area contributed by atoms with Gasteiger partial charge in [0.25, 0.3) is 23.5 Å². The molecular formula is C10H14N2O11P3-3. The van der Waals surface area contributed by atoms with Crippen LogP contribution < -0.4 is 20.4 Å². The second kappa shape index (κ2) is 8.14. The lowest BCUT2D eigenvalue weighted by Gasteiger charge is -2.32. The minimum atomic E-state index is -5.90. The topological polar surface area (TPSA) is 216 Å². The number of hydrogen-bond acceptors (Lipinski definition) is 12. The number of ether oxygens (including phenoxy) is 1. The third kappa shape index (κ3) is 7.15. The molecule has 1 aromatic heterocycles. The lowest BCUT2D eigenvalue weighted by atomic mass is 10.1. The molecule has 5 atom stereocenters. The van der Waals surface area contributed by atoms with E-state index in [1.165, 1.54) is 6.20 Å². The molecule has 3 N–H and O–H groups in total. The highest BCUT2D eigenvalue weighted by Crippen LogP contribution is 2.61. The quantitative estimate of drug-likeness (QED) is 0.489. The molecule has 1 aliphatic rings. The average Bonchev–Trinajstić information content (AvgIpc) is 2.91. The van der Waals surface area contributed by atoms with Crippen molar-refractivity contribution in [2.45, 2.75) is 25.0 Å². The van der Waals surface area contributed by atoms with E-state index in [0.29, 0.717) is 18.7 Å². The largest absolute Gasteiger partial charge is 0.756 e. The Bertz CT molecular complexity index is 766. The van der Waals surface area contributed by atoms with Gasteiger partial charge in [-0.3, -0.25) is 13.7 Å². The Kier molecular flexibility index (Phi) is 6.76. The number of pyridine rings is 1. The van der Waals surface area contributed by atoms with Gasteiger partial charge in [-0.15, -0.1) is 0 Å². The van der Waals surface area contributed by atoms with Crippen LogP contribution in [0.3, 0.4) is 0 Å². The number of rotatable bonds is 8. The van der Waals surface area contributed by atoms with Crippen LogP contribution in [-0.2, 0) is 31.6 Å². The van der Waals surface area contributed by atoms with E-state index in [1.807, 2.05) is 0 Å². The summed E-state index contributed by atoms with van der Waals surface area (Å²) in [5.41, 5.74) is 6.19. The summed E-state index contributed by atoms with van der Waals surface area (Å²) < 4.78 is 49.5. The smallest absolute Gasteiger partial charge is 0.280 e. The van der Waals surface area contributed by atoms with Gasteiger partial charge < -0.3 is 34.6 Å². The number of phosphoric acid groups is 3. The van der Waals surface area contributed by atoms with E-state index in [0.717, 1.165) is 5.56 Å². The van der Waals surface area contributed by atoms with Crippen molar-refractivity contribution in [2.24, 2.45) is 0 Å². The maximum absolute atomic E-state index is 11.5. The molecule has 148 valence electrons. The van der Waals surface area contributed by atoms with Crippen molar-refractivity contribution in [3.05, 3.63) is 23.9 Å². The Morgan fingerprint density at radius 2 is 1.88 bits per heavy atom. The van der Waals surface area contributed by atoms with Gasteiger partial charge in [-0.2, -0.15) is 0 Å². The zero-order valence-corrected chi connectivity index (χ0v) is 15.6. The zero-order chi connectivity index (χ0) is 19.6. The van der Waals surface area contributed by atoms with Crippen LogP contribution in [0.25, 0.3) is 0 Å². The predicted octanol–water partition coefficient (Wildman–Crippen LogP) is -0.669. The van der Waals surface area contributed by atoms with Gasteiger partial charge in [0.15, 0.2) is 0 Å². The molecule has 0 spiro atoms. The molecular weight excluding hydrogens is 417 g/mol. The molecule has 5 unspecified atom stereocenters. The predicted molar refractivity (Wildman–Crippen MR) is 78.7 cm³/mol. The van der Waals surface area contributed by atoms with E-state index in [-0.39, 0.29) is 6.10 Å². The SMILES string of the molecule is Nc1ccc(C2CCC(COP(=O)([O-])OP(=O)([O-])OP(=O)([O-])O)O2)cn1. The van der Waals surface area contributed by atoms with Gasteiger partial charge in [-0.25, -0.2) is 13.6 Å². The highest BCUT2D eigenvalue weighted by molar-refractivity contribution is 7.65. The van der Waals surface area contributed by atoms with Gasteiger partial charge in [-0.05, 0) is 24.5 Å². The van der Waals surface area contributed by atoms with Crippen LogP contribution in [0.5, 0.6) is 0 Å². The van der Waals surface area contributed by atoms with Crippen molar-refractivity contribution in [1.82, 2.24) is 4.98 Å². The van der Waals surface area contributed by atoms with Gasteiger partial charge in [0.1, 0.15) is 5.82 Å². The van der Waals surface area contributed by atoms with E-state index in [4.69, 9.17) is 15.4 Å². The standard InChI is InChI=1S/C10H17N2O11P3/c11-10-4-1-7(5-12-10)9-3-2-8(21-9)6-20-25(16,17)23-26(18,19)22-24(13,14)15/h1,4-5,8-9H,2-3,6H2,(H2,11,12)(H,16,17)(H,18,19)(H2,13,14,15)/p-3. The van der Waals surface area contributed by atoms with Crippen molar-refractivity contribution >= 4 is 29.3 Å². The Balaban J connectivity index is 1.86. The summed E-state index contributed by atoms with van der Waals surface area (Å²) in [4.78, 5) is 45.0. The van der Waals surface area contributed by atoms with E-state index in [1.54, 1.807) is 12.1 Å². The summed E-state index contributed by atoms with van der Waals surface area (Å²) in [5, 5.41) is 0. The Labute approximate surface area is 147 Å². The van der Waals surface area contributed by atoms with Crippen LogP contribution in [-0.4, -0.2) is 22.6 Å². The molecule has 16 heteroatoms. The molecule has 0 aliphatic carbocycles. The number of hydrogen-bond donors (Lipinski definition) is 2. The highest BCUT2D eigenvalue weighted by Gasteiger charge is 2.30. The molecule has 1 aliphatic heterocycles. The number of nitrogen functional groups attached to an aromatic ring is 1. The minimum Gasteiger partial charge on any atom is -0.756 e. The monoisotopic (exact) mass is 431 g/mol. The maximum atomic E-state index is 11.5. The van der Waals surface area contributed by atoms with Gasteiger partial charge in [0.2, 0.25) is 0 Å².